The number of rotatable bonds is 7. The first-order valence-corrected chi connectivity index (χ1v) is 7.18. The Morgan fingerprint density at radius 3 is 2.55 bits per heavy atom. The van der Waals surface area contributed by atoms with Gasteiger partial charge < -0.3 is 20.1 Å². The van der Waals surface area contributed by atoms with Gasteiger partial charge in [-0.1, -0.05) is 13.8 Å². The van der Waals surface area contributed by atoms with Gasteiger partial charge in [0.25, 0.3) is 0 Å². The van der Waals surface area contributed by atoms with Crippen LogP contribution in [0.15, 0.2) is 30.5 Å². The van der Waals surface area contributed by atoms with Crippen LogP contribution in [0.5, 0.6) is 11.5 Å². The number of nitrogens with one attached hydrogen (secondary N) is 2. The average molecular weight is 302 g/mol. The minimum atomic E-state index is 0.533. The second-order valence-corrected chi connectivity index (χ2v) is 5.23. The maximum absolute atomic E-state index is 5.29. The van der Waals surface area contributed by atoms with E-state index in [2.05, 4.69) is 34.4 Å². The zero-order chi connectivity index (χ0) is 15.9. The fraction of sp³-hybridized carbons (Fsp3) is 0.375. The molecule has 0 aliphatic carbocycles. The minimum absolute atomic E-state index is 0.533. The van der Waals surface area contributed by atoms with Crippen molar-refractivity contribution in [2.45, 2.75) is 13.8 Å². The van der Waals surface area contributed by atoms with Crippen molar-refractivity contribution in [1.29, 1.82) is 0 Å². The average Bonchev–Trinajstić information content (AvgIpc) is 2.53. The largest absolute Gasteiger partial charge is 0.493 e. The summed E-state index contributed by atoms with van der Waals surface area (Å²) in [5.74, 6) is 3.22. The molecule has 118 valence electrons. The molecule has 0 bridgehead atoms. The molecule has 2 N–H and O–H groups in total. The van der Waals surface area contributed by atoms with Crippen molar-refractivity contribution in [3.8, 4) is 11.5 Å². The van der Waals surface area contributed by atoms with Crippen LogP contribution in [-0.2, 0) is 0 Å². The Balaban J connectivity index is 2.11. The van der Waals surface area contributed by atoms with E-state index in [1.165, 1.54) is 0 Å². The highest BCUT2D eigenvalue weighted by Gasteiger charge is 2.06. The molecule has 0 atom stereocenters. The van der Waals surface area contributed by atoms with Crippen LogP contribution in [-0.4, -0.2) is 30.7 Å². The van der Waals surface area contributed by atoms with Crippen LogP contribution in [0.4, 0.5) is 17.5 Å². The van der Waals surface area contributed by atoms with Crippen LogP contribution >= 0.6 is 0 Å². The summed E-state index contributed by atoms with van der Waals surface area (Å²) in [6.45, 7) is 5.11. The standard InChI is InChI=1S/C16H22N4O2/c1-11(2)10-18-16-17-8-7-15(20-16)19-12-5-6-13(21-3)14(9-12)22-4/h5-9,11H,10H2,1-4H3,(H2,17,18,19,20). The van der Waals surface area contributed by atoms with E-state index in [9.17, 15) is 0 Å². The molecule has 1 heterocycles. The minimum Gasteiger partial charge on any atom is -0.493 e. The highest BCUT2D eigenvalue weighted by atomic mass is 16.5. The van der Waals surface area contributed by atoms with E-state index in [0.29, 0.717) is 29.2 Å². The van der Waals surface area contributed by atoms with Gasteiger partial charge in [-0.3, -0.25) is 0 Å². The second kappa shape index (κ2) is 7.49. The maximum Gasteiger partial charge on any atom is 0.224 e. The molecule has 0 unspecified atom stereocenters. The van der Waals surface area contributed by atoms with Crippen LogP contribution in [0.1, 0.15) is 13.8 Å². The summed E-state index contributed by atoms with van der Waals surface area (Å²) in [5, 5.41) is 6.44. The molecule has 2 aromatic rings. The predicted octanol–water partition coefficient (Wildman–Crippen LogP) is 3.31. The maximum atomic E-state index is 5.29. The van der Waals surface area contributed by atoms with E-state index in [1.54, 1.807) is 20.4 Å². The number of benzene rings is 1. The normalized spacial score (nSPS) is 10.4. The van der Waals surface area contributed by atoms with E-state index < -0.39 is 0 Å². The number of methoxy groups -OCH3 is 2. The second-order valence-electron chi connectivity index (χ2n) is 5.23. The van der Waals surface area contributed by atoms with Crippen LogP contribution in [0.2, 0.25) is 0 Å². The molecular weight excluding hydrogens is 280 g/mol. The molecule has 2 rings (SSSR count). The molecule has 0 fully saturated rings. The lowest BCUT2D eigenvalue weighted by atomic mass is 10.2. The lowest BCUT2D eigenvalue weighted by Gasteiger charge is -2.12. The lowest BCUT2D eigenvalue weighted by Crippen LogP contribution is -2.11. The molecule has 0 radical (unpaired) electrons. The van der Waals surface area contributed by atoms with Crippen molar-refractivity contribution in [1.82, 2.24) is 9.97 Å². The summed E-state index contributed by atoms with van der Waals surface area (Å²) in [7, 11) is 3.22. The van der Waals surface area contributed by atoms with Crippen molar-refractivity contribution in [2.75, 3.05) is 31.4 Å². The van der Waals surface area contributed by atoms with E-state index in [0.717, 1.165) is 12.2 Å². The Kier molecular flexibility index (Phi) is 5.41. The molecule has 0 spiro atoms. The molecule has 6 nitrogen and oxygen atoms in total. The number of hydrogen-bond acceptors (Lipinski definition) is 6. The van der Waals surface area contributed by atoms with Gasteiger partial charge in [-0.2, -0.15) is 4.98 Å². The summed E-state index contributed by atoms with van der Waals surface area (Å²) in [4.78, 5) is 8.64. The molecule has 6 heteroatoms. The van der Waals surface area contributed by atoms with Crippen molar-refractivity contribution in [2.24, 2.45) is 5.92 Å². The Bertz CT molecular complexity index is 617. The van der Waals surface area contributed by atoms with Gasteiger partial charge in [0.2, 0.25) is 5.95 Å². The molecule has 1 aromatic heterocycles. The van der Waals surface area contributed by atoms with Crippen molar-refractivity contribution in [3.63, 3.8) is 0 Å². The third kappa shape index (κ3) is 4.25. The third-order valence-electron chi connectivity index (χ3n) is 2.98. The predicted molar refractivity (Wildman–Crippen MR) is 88.2 cm³/mol. The summed E-state index contributed by atoms with van der Waals surface area (Å²) < 4.78 is 10.5. The molecule has 1 aromatic carbocycles. The molecule has 0 aliphatic heterocycles. The van der Waals surface area contributed by atoms with E-state index in [1.807, 2.05) is 24.3 Å². The van der Waals surface area contributed by atoms with Gasteiger partial charge in [0, 0.05) is 24.5 Å². The van der Waals surface area contributed by atoms with E-state index >= 15 is 0 Å². The van der Waals surface area contributed by atoms with Gasteiger partial charge in [-0.15, -0.1) is 0 Å². The van der Waals surface area contributed by atoms with Crippen molar-refractivity contribution < 1.29 is 9.47 Å². The third-order valence-corrected chi connectivity index (χ3v) is 2.98. The van der Waals surface area contributed by atoms with Crippen molar-refractivity contribution in [3.05, 3.63) is 30.5 Å². The number of nitrogens with zero attached hydrogens (tertiary/aromatic N) is 2. The zero-order valence-corrected chi connectivity index (χ0v) is 13.4. The highest BCUT2D eigenvalue weighted by molar-refractivity contribution is 5.61. The molecule has 0 amide bonds. The Morgan fingerprint density at radius 1 is 1.09 bits per heavy atom. The number of ether oxygens (including phenoxy) is 2. The Labute approximate surface area is 130 Å². The quantitative estimate of drug-likeness (QED) is 0.818. The first kappa shape index (κ1) is 15.9. The lowest BCUT2D eigenvalue weighted by molar-refractivity contribution is 0.355. The SMILES string of the molecule is COc1ccc(Nc2ccnc(NCC(C)C)n2)cc1OC. The summed E-state index contributed by atoms with van der Waals surface area (Å²) >= 11 is 0. The van der Waals surface area contributed by atoms with Gasteiger partial charge in [-0.05, 0) is 24.1 Å². The molecular formula is C16H22N4O2. The number of hydrogen-bond donors (Lipinski definition) is 2. The van der Waals surface area contributed by atoms with E-state index in [4.69, 9.17) is 9.47 Å². The first-order chi connectivity index (χ1) is 10.6. The Morgan fingerprint density at radius 2 is 1.86 bits per heavy atom. The van der Waals surface area contributed by atoms with Gasteiger partial charge in [0.1, 0.15) is 5.82 Å². The fourth-order valence-electron chi connectivity index (χ4n) is 1.87. The smallest absolute Gasteiger partial charge is 0.224 e. The monoisotopic (exact) mass is 302 g/mol. The highest BCUT2D eigenvalue weighted by Crippen LogP contribution is 2.30. The molecule has 0 aliphatic rings. The van der Waals surface area contributed by atoms with Gasteiger partial charge >= 0.3 is 0 Å². The molecule has 0 saturated heterocycles. The number of anilines is 3. The van der Waals surface area contributed by atoms with Crippen molar-refractivity contribution >= 4 is 17.5 Å². The summed E-state index contributed by atoms with van der Waals surface area (Å²) in [6, 6.07) is 7.43. The topological polar surface area (TPSA) is 68.3 Å². The van der Waals surface area contributed by atoms with Gasteiger partial charge in [0.15, 0.2) is 11.5 Å². The molecule has 0 saturated carbocycles. The zero-order valence-electron chi connectivity index (χ0n) is 13.4. The number of aromatic nitrogens is 2. The van der Waals surface area contributed by atoms with Gasteiger partial charge in [0.05, 0.1) is 14.2 Å². The molecule has 22 heavy (non-hydrogen) atoms. The van der Waals surface area contributed by atoms with E-state index in [-0.39, 0.29) is 0 Å². The van der Waals surface area contributed by atoms with Gasteiger partial charge in [-0.25, -0.2) is 4.98 Å². The van der Waals surface area contributed by atoms with Crippen LogP contribution in [0.25, 0.3) is 0 Å². The van der Waals surface area contributed by atoms with Crippen LogP contribution in [0, 0.1) is 5.92 Å². The van der Waals surface area contributed by atoms with Crippen LogP contribution < -0.4 is 20.1 Å². The first-order valence-electron chi connectivity index (χ1n) is 7.18. The van der Waals surface area contributed by atoms with Crippen LogP contribution in [0.3, 0.4) is 0 Å². The Hall–Kier alpha value is -2.50. The fourth-order valence-corrected chi connectivity index (χ4v) is 1.87. The summed E-state index contributed by atoms with van der Waals surface area (Å²) in [5.41, 5.74) is 0.867. The summed E-state index contributed by atoms with van der Waals surface area (Å²) in [6.07, 6.45) is 1.72.